The van der Waals surface area contributed by atoms with Gasteiger partial charge in [-0.2, -0.15) is 0 Å². The maximum atomic E-state index is 12.8. The lowest BCUT2D eigenvalue weighted by atomic mass is 10.1. The van der Waals surface area contributed by atoms with Crippen molar-refractivity contribution in [1.82, 2.24) is 4.90 Å². The first-order chi connectivity index (χ1) is 12.5. The van der Waals surface area contributed by atoms with Crippen molar-refractivity contribution in [2.75, 3.05) is 20.7 Å². The lowest BCUT2D eigenvalue weighted by Gasteiger charge is -2.14. The summed E-state index contributed by atoms with van der Waals surface area (Å²) in [7, 11) is 3.23. The van der Waals surface area contributed by atoms with Crippen molar-refractivity contribution in [3.05, 3.63) is 59.0 Å². The topological polar surface area (TPSA) is 69.0 Å². The molecule has 1 aromatic heterocycles. The van der Waals surface area contributed by atoms with Gasteiger partial charge in [0.25, 0.3) is 0 Å². The highest BCUT2D eigenvalue weighted by Crippen LogP contribution is 2.24. The second-order valence-electron chi connectivity index (χ2n) is 5.75. The van der Waals surface area contributed by atoms with Crippen molar-refractivity contribution in [3.63, 3.8) is 0 Å². The molecular formula is C20H19NO5. The fraction of sp³-hybridized carbons (Fsp3) is 0.200. The predicted octanol–water partition coefficient (Wildman–Crippen LogP) is 3.92. The summed E-state index contributed by atoms with van der Waals surface area (Å²) in [5.41, 5.74) is 1.40. The zero-order chi connectivity index (χ0) is 18.7. The molecular weight excluding hydrogens is 334 g/mol. The van der Waals surface area contributed by atoms with Crippen molar-refractivity contribution in [1.29, 1.82) is 0 Å². The Bertz CT molecular complexity index is 991. The fourth-order valence-corrected chi connectivity index (χ4v) is 2.45. The van der Waals surface area contributed by atoms with Crippen LogP contribution in [0.4, 0.5) is 4.79 Å². The van der Waals surface area contributed by atoms with Crippen LogP contribution in [0.3, 0.4) is 0 Å². The lowest BCUT2D eigenvalue weighted by Crippen LogP contribution is -2.29. The SMILES string of the molecule is CCN(C)C(=O)Oc1ccc2c(=O)c(-c3ccc(OC)cc3)coc2c1. The lowest BCUT2D eigenvalue weighted by molar-refractivity contribution is 0.165. The van der Waals surface area contributed by atoms with Gasteiger partial charge in [0.15, 0.2) is 5.43 Å². The van der Waals surface area contributed by atoms with Gasteiger partial charge in [-0.15, -0.1) is 0 Å². The Balaban J connectivity index is 1.96. The Kier molecular flexibility index (Phi) is 4.93. The number of amides is 1. The second kappa shape index (κ2) is 7.31. The van der Waals surface area contributed by atoms with Gasteiger partial charge in [0.05, 0.1) is 18.1 Å². The first kappa shape index (κ1) is 17.5. The molecule has 0 aliphatic heterocycles. The first-order valence-corrected chi connectivity index (χ1v) is 8.16. The molecule has 134 valence electrons. The van der Waals surface area contributed by atoms with Crippen LogP contribution in [0.25, 0.3) is 22.1 Å². The first-order valence-electron chi connectivity index (χ1n) is 8.16. The number of hydrogen-bond donors (Lipinski definition) is 0. The molecule has 0 bridgehead atoms. The molecule has 3 rings (SSSR count). The average molecular weight is 353 g/mol. The maximum Gasteiger partial charge on any atom is 0.414 e. The minimum atomic E-state index is -0.468. The summed E-state index contributed by atoms with van der Waals surface area (Å²) >= 11 is 0. The van der Waals surface area contributed by atoms with Gasteiger partial charge in [0.2, 0.25) is 0 Å². The number of rotatable bonds is 4. The van der Waals surface area contributed by atoms with Crippen LogP contribution in [0.1, 0.15) is 6.92 Å². The Morgan fingerprint density at radius 1 is 1.12 bits per heavy atom. The summed E-state index contributed by atoms with van der Waals surface area (Å²) in [6.45, 7) is 2.38. The summed E-state index contributed by atoms with van der Waals surface area (Å²) in [5, 5.41) is 0.418. The van der Waals surface area contributed by atoms with Gasteiger partial charge in [-0.1, -0.05) is 12.1 Å². The van der Waals surface area contributed by atoms with E-state index in [0.717, 1.165) is 5.56 Å². The molecule has 0 spiro atoms. The van der Waals surface area contributed by atoms with E-state index in [9.17, 15) is 9.59 Å². The number of nitrogens with zero attached hydrogens (tertiary/aromatic N) is 1. The molecule has 6 nitrogen and oxygen atoms in total. The third-order valence-electron chi connectivity index (χ3n) is 4.14. The fourth-order valence-electron chi connectivity index (χ4n) is 2.45. The Morgan fingerprint density at radius 3 is 2.46 bits per heavy atom. The minimum Gasteiger partial charge on any atom is -0.497 e. The Hall–Kier alpha value is -3.28. The zero-order valence-corrected chi connectivity index (χ0v) is 14.8. The molecule has 0 unspecified atom stereocenters. The van der Waals surface area contributed by atoms with Crippen molar-refractivity contribution >= 4 is 17.1 Å². The highest BCUT2D eigenvalue weighted by molar-refractivity contribution is 5.83. The number of carbonyl (C=O) groups is 1. The highest BCUT2D eigenvalue weighted by atomic mass is 16.6. The molecule has 0 aliphatic rings. The van der Waals surface area contributed by atoms with Gasteiger partial charge in [-0.25, -0.2) is 4.79 Å². The van der Waals surface area contributed by atoms with Crippen LogP contribution >= 0.6 is 0 Å². The number of hydrogen-bond acceptors (Lipinski definition) is 5. The van der Waals surface area contributed by atoms with E-state index in [1.807, 2.05) is 6.92 Å². The Morgan fingerprint density at radius 2 is 1.81 bits per heavy atom. The van der Waals surface area contributed by atoms with Gasteiger partial charge in [-0.05, 0) is 36.8 Å². The third-order valence-corrected chi connectivity index (χ3v) is 4.14. The van der Waals surface area contributed by atoms with E-state index in [1.165, 1.54) is 17.2 Å². The number of methoxy groups -OCH3 is 1. The molecule has 3 aromatic rings. The summed E-state index contributed by atoms with van der Waals surface area (Å²) in [6.07, 6.45) is 0.944. The van der Waals surface area contributed by atoms with Crippen LogP contribution in [0, 0.1) is 0 Å². The van der Waals surface area contributed by atoms with Crippen LogP contribution in [0.2, 0.25) is 0 Å². The third kappa shape index (κ3) is 3.39. The second-order valence-corrected chi connectivity index (χ2v) is 5.75. The quantitative estimate of drug-likeness (QED) is 0.711. The molecule has 0 atom stereocenters. The zero-order valence-electron chi connectivity index (χ0n) is 14.8. The monoisotopic (exact) mass is 353 g/mol. The molecule has 0 radical (unpaired) electrons. The highest BCUT2D eigenvalue weighted by Gasteiger charge is 2.13. The molecule has 0 N–H and O–H groups in total. The van der Waals surface area contributed by atoms with Gasteiger partial charge in [0, 0.05) is 19.7 Å². The van der Waals surface area contributed by atoms with E-state index in [0.29, 0.717) is 34.6 Å². The molecule has 6 heteroatoms. The summed E-state index contributed by atoms with van der Waals surface area (Å²) < 4.78 is 16.0. The van der Waals surface area contributed by atoms with E-state index >= 15 is 0 Å². The molecule has 0 aliphatic carbocycles. The largest absolute Gasteiger partial charge is 0.497 e. The van der Waals surface area contributed by atoms with Crippen molar-refractivity contribution < 1.29 is 18.7 Å². The normalized spacial score (nSPS) is 10.6. The summed E-state index contributed by atoms with van der Waals surface area (Å²) in [6, 6.07) is 11.9. The number of benzene rings is 2. The van der Waals surface area contributed by atoms with Crippen molar-refractivity contribution in [3.8, 4) is 22.6 Å². The maximum absolute atomic E-state index is 12.8. The molecule has 0 saturated heterocycles. The van der Waals surface area contributed by atoms with Gasteiger partial charge >= 0.3 is 6.09 Å². The minimum absolute atomic E-state index is 0.153. The van der Waals surface area contributed by atoms with E-state index in [1.54, 1.807) is 50.6 Å². The van der Waals surface area contributed by atoms with Crippen LogP contribution in [0.5, 0.6) is 11.5 Å². The molecule has 0 saturated carbocycles. The van der Waals surface area contributed by atoms with E-state index in [4.69, 9.17) is 13.9 Å². The van der Waals surface area contributed by atoms with Gasteiger partial charge in [-0.3, -0.25) is 4.79 Å². The van der Waals surface area contributed by atoms with E-state index < -0.39 is 6.09 Å². The van der Waals surface area contributed by atoms with E-state index in [-0.39, 0.29) is 5.43 Å². The summed E-state index contributed by atoms with van der Waals surface area (Å²) in [4.78, 5) is 26.0. The van der Waals surface area contributed by atoms with Crippen LogP contribution in [-0.4, -0.2) is 31.7 Å². The number of carbonyl (C=O) groups excluding carboxylic acids is 1. The number of ether oxygens (including phenoxy) is 2. The standard InChI is InChI=1S/C20H19NO5/c1-4-21(2)20(23)26-15-9-10-16-18(11-15)25-12-17(19(16)22)13-5-7-14(24-3)8-6-13/h5-12H,4H2,1-3H3. The molecule has 1 amide bonds. The van der Waals surface area contributed by atoms with Crippen molar-refractivity contribution in [2.45, 2.75) is 6.92 Å². The van der Waals surface area contributed by atoms with Crippen LogP contribution in [0.15, 0.2) is 57.9 Å². The van der Waals surface area contributed by atoms with Crippen LogP contribution in [-0.2, 0) is 0 Å². The van der Waals surface area contributed by atoms with Gasteiger partial charge in [0.1, 0.15) is 23.3 Å². The predicted molar refractivity (Wildman–Crippen MR) is 98.8 cm³/mol. The average Bonchev–Trinajstić information content (AvgIpc) is 2.67. The molecule has 1 heterocycles. The Labute approximate surface area is 150 Å². The summed E-state index contributed by atoms with van der Waals surface area (Å²) in [5.74, 6) is 1.03. The van der Waals surface area contributed by atoms with E-state index in [2.05, 4.69) is 0 Å². The van der Waals surface area contributed by atoms with Crippen molar-refractivity contribution in [2.24, 2.45) is 0 Å². The van der Waals surface area contributed by atoms with Gasteiger partial charge < -0.3 is 18.8 Å². The van der Waals surface area contributed by atoms with Crippen LogP contribution < -0.4 is 14.9 Å². The molecule has 2 aromatic carbocycles. The smallest absolute Gasteiger partial charge is 0.414 e. The number of fused-ring (bicyclic) bond motifs is 1. The molecule has 26 heavy (non-hydrogen) atoms. The molecule has 0 fully saturated rings.